The molecule has 2 aromatic carbocycles. The van der Waals surface area contributed by atoms with Crippen molar-refractivity contribution in [1.82, 2.24) is 24.8 Å². The van der Waals surface area contributed by atoms with Crippen molar-refractivity contribution in [3.05, 3.63) is 81.5 Å². The van der Waals surface area contributed by atoms with E-state index in [1.54, 1.807) is 12.3 Å². The van der Waals surface area contributed by atoms with Crippen molar-refractivity contribution in [2.24, 2.45) is 0 Å². The van der Waals surface area contributed by atoms with Crippen LogP contribution in [0.15, 0.2) is 47.4 Å². The van der Waals surface area contributed by atoms with Crippen molar-refractivity contribution in [2.45, 2.75) is 32.3 Å². The molecule has 2 aliphatic rings. The summed E-state index contributed by atoms with van der Waals surface area (Å²) in [5.41, 5.74) is 0.811. The number of hydrogen-bond acceptors (Lipinski definition) is 8. The lowest BCUT2D eigenvalue weighted by atomic mass is 9.94. The molecule has 2 aliphatic heterocycles. The van der Waals surface area contributed by atoms with Gasteiger partial charge in [0.15, 0.2) is 5.65 Å². The summed E-state index contributed by atoms with van der Waals surface area (Å²) >= 11 is 0. The monoisotopic (exact) mass is 608 g/mol. The van der Waals surface area contributed by atoms with Crippen LogP contribution in [0, 0.1) is 30.9 Å². The molecule has 1 spiro atoms. The first kappa shape index (κ1) is 28.8. The smallest absolute Gasteiger partial charge is 0.355 e. The van der Waals surface area contributed by atoms with Gasteiger partial charge in [-0.15, -0.1) is 6.42 Å². The van der Waals surface area contributed by atoms with E-state index in [0.29, 0.717) is 60.8 Å². The van der Waals surface area contributed by atoms with E-state index < -0.39 is 22.9 Å². The predicted octanol–water partition coefficient (Wildman–Crippen LogP) is 4.57. The summed E-state index contributed by atoms with van der Waals surface area (Å²) in [7, 11) is 0. The fourth-order valence-corrected chi connectivity index (χ4v) is 6.42. The predicted molar refractivity (Wildman–Crippen MR) is 168 cm³/mol. The topological polar surface area (TPSA) is 105 Å². The summed E-state index contributed by atoms with van der Waals surface area (Å²) in [5.74, 6) is 0.991. The highest BCUT2D eigenvalue weighted by Crippen LogP contribution is 2.39. The molecule has 0 radical (unpaired) electrons. The molecule has 9 nitrogen and oxygen atoms in total. The molecule has 0 saturated carbocycles. The van der Waals surface area contributed by atoms with Gasteiger partial charge in [0.05, 0.1) is 35.5 Å². The van der Waals surface area contributed by atoms with E-state index in [0.717, 1.165) is 5.56 Å². The van der Waals surface area contributed by atoms with E-state index in [2.05, 4.69) is 21.2 Å². The standard InChI is InChI=1S/C34H30F2N6O3/c1-5-22-25(35)7-6-20-12-21(43)13-23(27(20)22)29-26(36)14-24-31(41-10-11-45-34(17-41)15-37-16-34)40-33(44)42(32(24)39-29)30-19(4)8-9-38-28(30)18(2)3/h1,6-9,12-14,18,37,43H,10-11,15-17H2,2-4H3. The Bertz CT molecular complexity index is 2130. The zero-order valence-corrected chi connectivity index (χ0v) is 25.0. The number of anilines is 1. The number of terminal acetylenes is 1. The highest BCUT2D eigenvalue weighted by Gasteiger charge is 2.43. The number of aromatic nitrogens is 4. The quantitative estimate of drug-likeness (QED) is 0.286. The number of aromatic hydroxyl groups is 1. The SMILES string of the molecule is C#Cc1c(F)ccc2cc(O)cc(-c3nc4c(cc3F)c(N3CCOC5(CNC5)C3)nc(=O)n4-c3c(C)ccnc3C(C)C)c12. The minimum atomic E-state index is -0.754. The van der Waals surface area contributed by atoms with Crippen LogP contribution in [0.25, 0.3) is 38.8 Å². The van der Waals surface area contributed by atoms with Gasteiger partial charge in [-0.3, -0.25) is 4.98 Å². The van der Waals surface area contributed by atoms with Crippen molar-refractivity contribution < 1.29 is 18.6 Å². The highest BCUT2D eigenvalue weighted by molar-refractivity contribution is 6.02. The van der Waals surface area contributed by atoms with Gasteiger partial charge < -0.3 is 20.1 Å². The van der Waals surface area contributed by atoms with Crippen LogP contribution in [-0.2, 0) is 4.74 Å². The summed E-state index contributed by atoms with van der Waals surface area (Å²) in [6.07, 6.45) is 7.38. The summed E-state index contributed by atoms with van der Waals surface area (Å²) < 4.78 is 38.8. The number of benzene rings is 2. The molecule has 0 amide bonds. The molecule has 2 N–H and O–H groups in total. The lowest BCUT2D eigenvalue weighted by molar-refractivity contribution is -0.0882. The first-order chi connectivity index (χ1) is 21.6. The Morgan fingerprint density at radius 1 is 1.13 bits per heavy atom. The molecule has 2 fully saturated rings. The molecule has 0 bridgehead atoms. The van der Waals surface area contributed by atoms with Crippen LogP contribution in [-0.4, -0.2) is 63.0 Å². The molecule has 7 rings (SSSR count). The molecule has 0 unspecified atom stereocenters. The highest BCUT2D eigenvalue weighted by atomic mass is 19.1. The van der Waals surface area contributed by atoms with Crippen molar-refractivity contribution in [3.8, 4) is 35.0 Å². The van der Waals surface area contributed by atoms with Gasteiger partial charge in [-0.1, -0.05) is 25.8 Å². The Hall–Kier alpha value is -4.92. The maximum absolute atomic E-state index is 16.4. The fraction of sp³-hybridized carbons (Fsp3) is 0.294. The average Bonchev–Trinajstić information content (AvgIpc) is 3.00. The summed E-state index contributed by atoms with van der Waals surface area (Å²) in [6.45, 7) is 8.42. The van der Waals surface area contributed by atoms with E-state index in [1.807, 2.05) is 25.7 Å². The molecule has 5 heterocycles. The second-order valence-corrected chi connectivity index (χ2v) is 12.0. The molecule has 11 heteroatoms. The van der Waals surface area contributed by atoms with Gasteiger partial charge in [-0.05, 0) is 54.1 Å². The first-order valence-corrected chi connectivity index (χ1v) is 14.7. The van der Waals surface area contributed by atoms with E-state index in [1.165, 1.54) is 34.9 Å². The normalized spacial score (nSPS) is 16.0. The lowest BCUT2D eigenvalue weighted by Crippen LogP contribution is -2.69. The van der Waals surface area contributed by atoms with Gasteiger partial charge >= 0.3 is 5.69 Å². The van der Waals surface area contributed by atoms with E-state index >= 15 is 4.39 Å². The van der Waals surface area contributed by atoms with Gasteiger partial charge in [0, 0.05) is 36.8 Å². The van der Waals surface area contributed by atoms with Crippen LogP contribution in [0.5, 0.6) is 5.75 Å². The second kappa shape index (κ2) is 10.6. The fourth-order valence-electron chi connectivity index (χ4n) is 6.42. The first-order valence-electron chi connectivity index (χ1n) is 14.7. The van der Waals surface area contributed by atoms with Gasteiger partial charge in [0.25, 0.3) is 0 Å². The molecular weight excluding hydrogens is 578 g/mol. The number of rotatable bonds is 4. The number of fused-ring (bicyclic) bond motifs is 2. The molecule has 45 heavy (non-hydrogen) atoms. The summed E-state index contributed by atoms with van der Waals surface area (Å²) in [6, 6.07) is 8.47. The molecule has 5 aromatic rings. The number of nitrogens with zero attached hydrogens (tertiary/aromatic N) is 5. The Morgan fingerprint density at radius 3 is 2.64 bits per heavy atom. The Labute approximate surface area is 257 Å². The third-order valence-electron chi connectivity index (χ3n) is 8.62. The third-order valence-corrected chi connectivity index (χ3v) is 8.62. The summed E-state index contributed by atoms with van der Waals surface area (Å²) in [5, 5.41) is 14.8. The van der Waals surface area contributed by atoms with Crippen LogP contribution in [0.3, 0.4) is 0 Å². The average molecular weight is 609 g/mol. The molecular formula is C34H30F2N6O3. The lowest BCUT2D eigenvalue weighted by Gasteiger charge is -2.49. The van der Waals surface area contributed by atoms with Crippen molar-refractivity contribution in [3.63, 3.8) is 0 Å². The molecule has 228 valence electrons. The van der Waals surface area contributed by atoms with E-state index in [-0.39, 0.29) is 39.5 Å². The van der Waals surface area contributed by atoms with Gasteiger partial charge in [0.1, 0.15) is 34.5 Å². The molecule has 0 atom stereocenters. The number of halogens is 2. The summed E-state index contributed by atoms with van der Waals surface area (Å²) in [4.78, 5) is 29.9. The number of morpholine rings is 1. The number of phenols is 1. The Morgan fingerprint density at radius 2 is 1.93 bits per heavy atom. The minimum absolute atomic E-state index is 0.0668. The maximum atomic E-state index is 16.4. The number of ether oxygens (including phenoxy) is 1. The van der Waals surface area contributed by atoms with Crippen molar-refractivity contribution in [1.29, 1.82) is 0 Å². The van der Waals surface area contributed by atoms with Crippen LogP contribution < -0.4 is 15.9 Å². The number of nitrogens with one attached hydrogen (secondary N) is 1. The minimum Gasteiger partial charge on any atom is -0.508 e. The van der Waals surface area contributed by atoms with E-state index in [9.17, 15) is 14.3 Å². The maximum Gasteiger partial charge on any atom is 0.355 e. The number of hydrogen-bond donors (Lipinski definition) is 2. The van der Waals surface area contributed by atoms with Crippen LogP contribution >= 0.6 is 0 Å². The van der Waals surface area contributed by atoms with Crippen molar-refractivity contribution in [2.75, 3.05) is 37.7 Å². The largest absolute Gasteiger partial charge is 0.508 e. The second-order valence-electron chi connectivity index (χ2n) is 12.0. The van der Waals surface area contributed by atoms with Gasteiger partial charge in [-0.2, -0.15) is 4.98 Å². The van der Waals surface area contributed by atoms with E-state index in [4.69, 9.17) is 16.1 Å². The molecule has 3 aromatic heterocycles. The zero-order chi connectivity index (χ0) is 31.6. The van der Waals surface area contributed by atoms with Crippen LogP contribution in [0.2, 0.25) is 0 Å². The third kappa shape index (κ3) is 4.60. The van der Waals surface area contributed by atoms with Gasteiger partial charge in [0.2, 0.25) is 0 Å². The zero-order valence-electron chi connectivity index (χ0n) is 25.0. The Kier molecular flexibility index (Phi) is 6.80. The number of pyridine rings is 2. The van der Waals surface area contributed by atoms with Crippen molar-refractivity contribution >= 4 is 27.6 Å². The van der Waals surface area contributed by atoms with Crippen LogP contribution in [0.4, 0.5) is 14.6 Å². The van der Waals surface area contributed by atoms with Gasteiger partial charge in [-0.25, -0.2) is 23.1 Å². The molecule has 0 aliphatic carbocycles. The molecule has 2 saturated heterocycles. The number of phenolic OH excluding ortho intramolecular Hbond substituents is 1. The van der Waals surface area contributed by atoms with Crippen LogP contribution in [0.1, 0.15) is 36.6 Å². The number of aryl methyl sites for hydroxylation is 1. The Balaban J connectivity index is 1.58.